The summed E-state index contributed by atoms with van der Waals surface area (Å²) in [6.07, 6.45) is 5.10. The number of rotatable bonds is 6. The zero-order valence-corrected chi connectivity index (χ0v) is 11.5. The Kier molecular flexibility index (Phi) is 6.20. The summed E-state index contributed by atoms with van der Waals surface area (Å²) in [6.45, 7) is 6.35. The van der Waals surface area contributed by atoms with Crippen LogP contribution in [0.4, 0.5) is 0 Å². The number of unbranched alkanes of at least 4 members (excludes halogenated alkanes) is 1. The van der Waals surface area contributed by atoms with Crippen LogP contribution in [-0.4, -0.2) is 12.6 Å². The Balaban J connectivity index is 2.69. The van der Waals surface area contributed by atoms with Gasteiger partial charge in [0.15, 0.2) is 0 Å². The van der Waals surface area contributed by atoms with Crippen LogP contribution in [0.2, 0.25) is 0 Å². The fraction of sp³-hybridized carbons (Fsp3) is 0.438. The normalized spacial score (nSPS) is 11.4. The number of allylic oxidation sites excluding steroid dienone is 1. The number of carbonyl (C=O) groups excluding carboxylic acids is 1. The zero-order chi connectivity index (χ0) is 13.4. The first-order valence-electron chi connectivity index (χ1n) is 6.61. The maximum Gasteiger partial charge on any atom is 0.331 e. The van der Waals surface area contributed by atoms with Crippen molar-refractivity contribution in [2.45, 2.75) is 40.0 Å². The summed E-state index contributed by atoms with van der Waals surface area (Å²) in [5.41, 5.74) is 3.36. The number of ether oxygens (including phenoxy) is 1. The van der Waals surface area contributed by atoms with Gasteiger partial charge in [-0.1, -0.05) is 37.6 Å². The van der Waals surface area contributed by atoms with Crippen LogP contribution in [0, 0.1) is 0 Å². The minimum atomic E-state index is -0.273. The van der Waals surface area contributed by atoms with E-state index in [9.17, 15) is 4.79 Å². The lowest BCUT2D eigenvalue weighted by Crippen LogP contribution is -2.00. The minimum absolute atomic E-state index is 0.273. The molecular weight excluding hydrogens is 224 g/mol. The lowest BCUT2D eigenvalue weighted by atomic mass is 10.0. The summed E-state index contributed by atoms with van der Waals surface area (Å²) in [6, 6.07) is 8.40. The lowest BCUT2D eigenvalue weighted by molar-refractivity contribution is -0.137. The van der Waals surface area contributed by atoms with Crippen LogP contribution in [-0.2, 0) is 16.0 Å². The molecule has 0 fully saturated rings. The first-order chi connectivity index (χ1) is 8.67. The highest BCUT2D eigenvalue weighted by molar-refractivity contribution is 5.90. The highest BCUT2D eigenvalue weighted by Crippen LogP contribution is 2.15. The van der Waals surface area contributed by atoms with Crippen molar-refractivity contribution >= 4 is 11.5 Å². The first-order valence-corrected chi connectivity index (χ1v) is 6.61. The molecule has 0 spiro atoms. The zero-order valence-electron chi connectivity index (χ0n) is 11.5. The van der Waals surface area contributed by atoms with E-state index in [0.29, 0.717) is 6.61 Å². The van der Waals surface area contributed by atoms with Gasteiger partial charge in [0, 0.05) is 6.08 Å². The van der Waals surface area contributed by atoms with Gasteiger partial charge in [-0.05, 0) is 43.4 Å². The summed E-state index contributed by atoms with van der Waals surface area (Å²) in [4.78, 5) is 11.3. The maximum atomic E-state index is 11.3. The molecule has 0 bridgehead atoms. The van der Waals surface area contributed by atoms with Crippen molar-refractivity contribution in [3.63, 3.8) is 0 Å². The first kappa shape index (κ1) is 14.5. The van der Waals surface area contributed by atoms with Gasteiger partial charge in [0.1, 0.15) is 0 Å². The molecule has 0 atom stereocenters. The molecule has 0 heterocycles. The molecule has 18 heavy (non-hydrogen) atoms. The molecular formula is C16H22O2. The van der Waals surface area contributed by atoms with Crippen molar-refractivity contribution in [3.05, 3.63) is 41.5 Å². The summed E-state index contributed by atoms with van der Waals surface area (Å²) < 4.78 is 4.90. The van der Waals surface area contributed by atoms with Crippen LogP contribution in [0.5, 0.6) is 0 Å². The number of aryl methyl sites for hydroxylation is 1. The number of esters is 1. The summed E-state index contributed by atoms with van der Waals surface area (Å²) in [7, 11) is 0. The molecule has 0 saturated carbocycles. The molecule has 1 aromatic carbocycles. The van der Waals surface area contributed by atoms with Crippen LogP contribution in [0.3, 0.4) is 0 Å². The van der Waals surface area contributed by atoms with Gasteiger partial charge in [-0.3, -0.25) is 0 Å². The quantitative estimate of drug-likeness (QED) is 0.560. The van der Waals surface area contributed by atoms with Gasteiger partial charge in [-0.2, -0.15) is 0 Å². The predicted octanol–water partition coefficient (Wildman–Crippen LogP) is 4.00. The largest absolute Gasteiger partial charge is 0.463 e. The van der Waals surface area contributed by atoms with E-state index in [0.717, 1.165) is 17.6 Å². The Morgan fingerprint density at radius 2 is 1.89 bits per heavy atom. The highest BCUT2D eigenvalue weighted by Gasteiger charge is 2.01. The van der Waals surface area contributed by atoms with Crippen molar-refractivity contribution in [2.75, 3.05) is 6.61 Å². The molecule has 2 heteroatoms. The Hall–Kier alpha value is -1.57. The second-order valence-electron chi connectivity index (χ2n) is 4.38. The van der Waals surface area contributed by atoms with Crippen LogP contribution >= 0.6 is 0 Å². The Labute approximate surface area is 110 Å². The van der Waals surface area contributed by atoms with E-state index in [2.05, 4.69) is 31.2 Å². The van der Waals surface area contributed by atoms with E-state index in [1.54, 1.807) is 6.08 Å². The van der Waals surface area contributed by atoms with E-state index >= 15 is 0 Å². The van der Waals surface area contributed by atoms with Crippen molar-refractivity contribution < 1.29 is 9.53 Å². The fourth-order valence-electron chi connectivity index (χ4n) is 1.76. The maximum absolute atomic E-state index is 11.3. The third-order valence-electron chi connectivity index (χ3n) is 2.85. The second kappa shape index (κ2) is 7.70. The van der Waals surface area contributed by atoms with Gasteiger partial charge in [-0.25, -0.2) is 4.79 Å². The van der Waals surface area contributed by atoms with Gasteiger partial charge in [-0.15, -0.1) is 0 Å². The smallest absolute Gasteiger partial charge is 0.331 e. The van der Waals surface area contributed by atoms with Gasteiger partial charge in [0.05, 0.1) is 6.61 Å². The molecule has 0 N–H and O–H groups in total. The van der Waals surface area contributed by atoms with Gasteiger partial charge < -0.3 is 4.74 Å². The molecule has 1 rings (SSSR count). The topological polar surface area (TPSA) is 26.3 Å². The molecule has 2 nitrogen and oxygen atoms in total. The molecule has 0 amide bonds. The lowest BCUT2D eigenvalue weighted by Gasteiger charge is -2.04. The molecule has 0 aliphatic rings. The van der Waals surface area contributed by atoms with E-state index in [-0.39, 0.29) is 5.97 Å². The van der Waals surface area contributed by atoms with E-state index in [1.807, 2.05) is 13.8 Å². The molecule has 0 aliphatic heterocycles. The van der Waals surface area contributed by atoms with Crippen LogP contribution in [0.15, 0.2) is 30.3 Å². The summed E-state index contributed by atoms with van der Waals surface area (Å²) in [5.74, 6) is -0.273. The van der Waals surface area contributed by atoms with Crippen molar-refractivity contribution in [1.82, 2.24) is 0 Å². The highest BCUT2D eigenvalue weighted by atomic mass is 16.5. The Bertz CT molecular complexity index is 402. The SMILES string of the molecule is CCCCc1ccc(C(C)=CC(=O)OCC)cc1. The molecule has 0 aliphatic carbocycles. The number of carbonyl (C=O) groups is 1. The third-order valence-corrected chi connectivity index (χ3v) is 2.85. The van der Waals surface area contributed by atoms with Crippen LogP contribution < -0.4 is 0 Å². The molecule has 98 valence electrons. The van der Waals surface area contributed by atoms with Gasteiger partial charge >= 0.3 is 5.97 Å². The van der Waals surface area contributed by atoms with E-state index < -0.39 is 0 Å². The summed E-state index contributed by atoms with van der Waals surface area (Å²) >= 11 is 0. The second-order valence-corrected chi connectivity index (χ2v) is 4.38. The van der Waals surface area contributed by atoms with Crippen molar-refractivity contribution in [3.8, 4) is 0 Å². The van der Waals surface area contributed by atoms with E-state index in [4.69, 9.17) is 4.74 Å². The number of hydrogen-bond acceptors (Lipinski definition) is 2. The van der Waals surface area contributed by atoms with Crippen molar-refractivity contribution in [1.29, 1.82) is 0 Å². The molecule has 0 unspecified atom stereocenters. The molecule has 0 saturated heterocycles. The Morgan fingerprint density at radius 1 is 1.22 bits per heavy atom. The number of hydrogen-bond donors (Lipinski definition) is 0. The minimum Gasteiger partial charge on any atom is -0.463 e. The average molecular weight is 246 g/mol. The monoisotopic (exact) mass is 246 g/mol. The Morgan fingerprint density at radius 3 is 2.44 bits per heavy atom. The number of benzene rings is 1. The standard InChI is InChI=1S/C16H22O2/c1-4-6-7-14-8-10-15(11-9-14)13(3)12-16(17)18-5-2/h8-12H,4-7H2,1-3H3. The van der Waals surface area contributed by atoms with Crippen molar-refractivity contribution in [2.24, 2.45) is 0 Å². The predicted molar refractivity (Wildman–Crippen MR) is 75.3 cm³/mol. The van der Waals surface area contributed by atoms with E-state index in [1.165, 1.54) is 18.4 Å². The van der Waals surface area contributed by atoms with Gasteiger partial charge in [0.2, 0.25) is 0 Å². The third kappa shape index (κ3) is 4.74. The summed E-state index contributed by atoms with van der Waals surface area (Å²) in [5, 5.41) is 0. The molecule has 0 radical (unpaired) electrons. The average Bonchev–Trinajstić information content (AvgIpc) is 2.37. The molecule has 0 aromatic heterocycles. The molecule has 1 aromatic rings. The van der Waals surface area contributed by atoms with Crippen LogP contribution in [0.25, 0.3) is 5.57 Å². The van der Waals surface area contributed by atoms with Crippen LogP contribution in [0.1, 0.15) is 44.7 Å². The fourth-order valence-corrected chi connectivity index (χ4v) is 1.76. The van der Waals surface area contributed by atoms with Gasteiger partial charge in [0.25, 0.3) is 0 Å².